The molecule has 0 radical (unpaired) electrons. The van der Waals surface area contributed by atoms with Gasteiger partial charge in [0.2, 0.25) is 0 Å². The SMILES string of the molecule is C=CC[C@@H]1OC2(C[C@@H](O)[C@@H]1C)O[C@H]([C@H](CC=O)OC)[C@H](C)C2(C)C. The van der Waals surface area contributed by atoms with Gasteiger partial charge in [-0.1, -0.05) is 33.8 Å². The Hall–Kier alpha value is -0.750. The number of hydrogen-bond acceptors (Lipinski definition) is 5. The highest BCUT2D eigenvalue weighted by Crippen LogP contribution is 2.57. The Morgan fingerprint density at radius 2 is 2.04 bits per heavy atom. The minimum Gasteiger partial charge on any atom is -0.393 e. The monoisotopic (exact) mass is 340 g/mol. The van der Waals surface area contributed by atoms with Gasteiger partial charge in [-0.05, 0) is 12.3 Å². The minimum atomic E-state index is -0.879. The molecule has 2 saturated heterocycles. The van der Waals surface area contributed by atoms with Crippen LogP contribution in [0.5, 0.6) is 0 Å². The van der Waals surface area contributed by atoms with Crippen LogP contribution in [0, 0.1) is 17.3 Å². The summed E-state index contributed by atoms with van der Waals surface area (Å²) in [6.45, 7) is 12.1. The van der Waals surface area contributed by atoms with Gasteiger partial charge in [0.1, 0.15) is 6.29 Å². The van der Waals surface area contributed by atoms with Crippen molar-refractivity contribution in [3.8, 4) is 0 Å². The van der Waals surface area contributed by atoms with Gasteiger partial charge < -0.3 is 24.1 Å². The Morgan fingerprint density at radius 3 is 2.58 bits per heavy atom. The predicted octanol–water partition coefficient (Wildman–Crippen LogP) is 2.71. The lowest BCUT2D eigenvalue weighted by Crippen LogP contribution is -2.57. The number of aliphatic hydroxyl groups is 1. The molecule has 0 bridgehead atoms. The van der Waals surface area contributed by atoms with Crippen LogP contribution in [0.3, 0.4) is 0 Å². The Labute approximate surface area is 145 Å². The molecule has 0 aliphatic carbocycles. The number of carbonyl (C=O) groups is 1. The van der Waals surface area contributed by atoms with Crippen LogP contribution in [0.4, 0.5) is 0 Å². The van der Waals surface area contributed by atoms with Crippen molar-refractivity contribution in [2.45, 2.75) is 77.2 Å². The van der Waals surface area contributed by atoms with Crippen LogP contribution < -0.4 is 0 Å². The summed E-state index contributed by atoms with van der Waals surface area (Å²) in [5, 5.41) is 10.6. The molecule has 1 N–H and O–H groups in total. The van der Waals surface area contributed by atoms with Crippen molar-refractivity contribution in [2.24, 2.45) is 17.3 Å². The largest absolute Gasteiger partial charge is 0.393 e. The zero-order chi connectivity index (χ0) is 18.1. The summed E-state index contributed by atoms with van der Waals surface area (Å²) < 4.78 is 18.4. The van der Waals surface area contributed by atoms with E-state index in [-0.39, 0.29) is 42.0 Å². The minimum absolute atomic E-state index is 0.0237. The lowest BCUT2D eigenvalue weighted by atomic mass is 9.69. The van der Waals surface area contributed by atoms with E-state index < -0.39 is 11.9 Å². The smallest absolute Gasteiger partial charge is 0.177 e. The third-order valence-corrected chi connectivity index (χ3v) is 6.35. The van der Waals surface area contributed by atoms with E-state index >= 15 is 0 Å². The van der Waals surface area contributed by atoms with Crippen LogP contribution in [0.15, 0.2) is 12.7 Å². The molecule has 0 saturated carbocycles. The molecule has 2 heterocycles. The molecule has 0 aromatic heterocycles. The van der Waals surface area contributed by atoms with Crippen LogP contribution in [0.2, 0.25) is 0 Å². The van der Waals surface area contributed by atoms with Gasteiger partial charge in [-0.15, -0.1) is 6.58 Å². The zero-order valence-electron chi connectivity index (χ0n) is 15.5. The topological polar surface area (TPSA) is 65.0 Å². The number of carbonyl (C=O) groups excluding carboxylic acids is 1. The van der Waals surface area contributed by atoms with Crippen LogP contribution in [-0.4, -0.2) is 48.7 Å². The highest BCUT2D eigenvalue weighted by Gasteiger charge is 2.64. The quantitative estimate of drug-likeness (QED) is 0.595. The molecule has 138 valence electrons. The summed E-state index contributed by atoms with van der Waals surface area (Å²) in [6, 6.07) is 0. The standard InChI is InChI=1S/C19H32O5/c1-7-8-15-12(2)14(21)11-19(23-15)18(4,5)13(3)17(24-19)16(22-6)9-10-20/h7,10,12-17,21H,1,8-9,11H2,2-6H3/t12-,13-,14+,15-,16-,17-,19?/m0/s1. The molecule has 0 aromatic carbocycles. The molecule has 5 nitrogen and oxygen atoms in total. The molecule has 2 aliphatic heterocycles. The molecule has 7 atom stereocenters. The Bertz CT molecular complexity index is 463. The van der Waals surface area contributed by atoms with Gasteiger partial charge in [-0.3, -0.25) is 0 Å². The lowest BCUT2D eigenvalue weighted by molar-refractivity contribution is -0.333. The number of aldehydes is 1. The van der Waals surface area contributed by atoms with Gasteiger partial charge in [0.05, 0.1) is 24.4 Å². The van der Waals surface area contributed by atoms with Crippen molar-refractivity contribution in [3.63, 3.8) is 0 Å². The highest BCUT2D eigenvalue weighted by molar-refractivity contribution is 5.50. The number of rotatable bonds is 6. The summed E-state index contributed by atoms with van der Waals surface area (Å²) in [5.41, 5.74) is -0.322. The third kappa shape index (κ3) is 3.07. The molecule has 0 amide bonds. The molecule has 5 heteroatoms. The Balaban J connectivity index is 2.33. The fourth-order valence-electron chi connectivity index (χ4n) is 4.12. The van der Waals surface area contributed by atoms with E-state index in [1.54, 1.807) is 7.11 Å². The number of hydrogen-bond donors (Lipinski definition) is 1. The maximum absolute atomic E-state index is 11.0. The second-order valence-corrected chi connectivity index (χ2v) is 7.83. The van der Waals surface area contributed by atoms with Crippen LogP contribution in [0.25, 0.3) is 0 Å². The lowest BCUT2D eigenvalue weighted by Gasteiger charge is -2.50. The van der Waals surface area contributed by atoms with Gasteiger partial charge in [-0.2, -0.15) is 0 Å². The van der Waals surface area contributed by atoms with Crippen LogP contribution >= 0.6 is 0 Å². The molecule has 1 spiro atoms. The molecule has 24 heavy (non-hydrogen) atoms. The molecule has 2 aliphatic rings. The first kappa shape index (κ1) is 19.6. The second-order valence-electron chi connectivity index (χ2n) is 7.83. The van der Waals surface area contributed by atoms with E-state index in [1.807, 2.05) is 13.0 Å². The Kier molecular flexibility index (Phi) is 5.91. The summed E-state index contributed by atoms with van der Waals surface area (Å²) in [4.78, 5) is 11.0. The van der Waals surface area contributed by atoms with E-state index in [1.165, 1.54) is 0 Å². The predicted molar refractivity (Wildman–Crippen MR) is 91.5 cm³/mol. The molecule has 2 rings (SSSR count). The highest BCUT2D eigenvalue weighted by atomic mass is 16.7. The van der Waals surface area contributed by atoms with Gasteiger partial charge in [-0.25, -0.2) is 0 Å². The molecule has 1 unspecified atom stereocenters. The van der Waals surface area contributed by atoms with Gasteiger partial charge >= 0.3 is 0 Å². The normalized spacial score (nSPS) is 42.8. The first-order valence-corrected chi connectivity index (χ1v) is 8.85. The van der Waals surface area contributed by atoms with E-state index in [0.717, 1.165) is 6.29 Å². The summed E-state index contributed by atoms with van der Waals surface area (Å²) in [7, 11) is 1.60. The van der Waals surface area contributed by atoms with Gasteiger partial charge in [0, 0.05) is 31.3 Å². The van der Waals surface area contributed by atoms with Crippen molar-refractivity contribution in [1.29, 1.82) is 0 Å². The third-order valence-electron chi connectivity index (χ3n) is 6.35. The van der Waals surface area contributed by atoms with Crippen molar-refractivity contribution in [1.82, 2.24) is 0 Å². The summed E-state index contributed by atoms with van der Waals surface area (Å²) in [6.07, 6.45) is 2.86. The van der Waals surface area contributed by atoms with Crippen molar-refractivity contribution < 1.29 is 24.1 Å². The van der Waals surface area contributed by atoms with Crippen LogP contribution in [-0.2, 0) is 19.0 Å². The van der Waals surface area contributed by atoms with E-state index in [4.69, 9.17) is 14.2 Å². The summed E-state index contributed by atoms with van der Waals surface area (Å²) in [5.74, 6) is -0.737. The molecule has 0 aromatic rings. The second kappa shape index (κ2) is 7.24. The number of aliphatic hydroxyl groups excluding tert-OH is 1. The average molecular weight is 340 g/mol. The fraction of sp³-hybridized carbons (Fsp3) is 0.842. The Morgan fingerprint density at radius 1 is 1.38 bits per heavy atom. The van der Waals surface area contributed by atoms with E-state index in [9.17, 15) is 9.90 Å². The maximum atomic E-state index is 11.0. The van der Waals surface area contributed by atoms with Crippen molar-refractivity contribution in [3.05, 3.63) is 12.7 Å². The number of ether oxygens (including phenoxy) is 3. The molecule has 2 fully saturated rings. The van der Waals surface area contributed by atoms with Gasteiger partial charge in [0.25, 0.3) is 0 Å². The number of methoxy groups -OCH3 is 1. The fourth-order valence-corrected chi connectivity index (χ4v) is 4.12. The van der Waals surface area contributed by atoms with Crippen molar-refractivity contribution in [2.75, 3.05) is 7.11 Å². The van der Waals surface area contributed by atoms with E-state index in [0.29, 0.717) is 12.8 Å². The van der Waals surface area contributed by atoms with E-state index in [2.05, 4.69) is 27.4 Å². The molecular weight excluding hydrogens is 308 g/mol. The summed E-state index contributed by atoms with van der Waals surface area (Å²) >= 11 is 0. The first-order valence-electron chi connectivity index (χ1n) is 8.85. The molecular formula is C19H32O5. The van der Waals surface area contributed by atoms with Gasteiger partial charge in [0.15, 0.2) is 5.79 Å². The maximum Gasteiger partial charge on any atom is 0.177 e. The average Bonchev–Trinajstić information content (AvgIpc) is 2.71. The zero-order valence-corrected chi connectivity index (χ0v) is 15.5. The van der Waals surface area contributed by atoms with Crippen LogP contribution in [0.1, 0.15) is 47.0 Å². The first-order chi connectivity index (χ1) is 11.2. The van der Waals surface area contributed by atoms with Crippen molar-refractivity contribution >= 4 is 6.29 Å².